The van der Waals surface area contributed by atoms with Gasteiger partial charge >= 0.3 is 0 Å². The number of nitrogens with one attached hydrogen (secondary N) is 1. The summed E-state index contributed by atoms with van der Waals surface area (Å²) in [5.41, 5.74) is 1.10. The Morgan fingerprint density at radius 1 is 1.36 bits per heavy atom. The zero-order valence-corrected chi connectivity index (χ0v) is 6.50. The third-order valence-electron chi connectivity index (χ3n) is 1.30. The molecule has 58 valence electrons. The van der Waals surface area contributed by atoms with Crippen LogP contribution in [0.25, 0.3) is 0 Å². The van der Waals surface area contributed by atoms with E-state index in [1.807, 2.05) is 30.3 Å². The molecule has 1 rings (SSSR count). The summed E-state index contributed by atoms with van der Waals surface area (Å²) in [7, 11) is 0. The predicted octanol–water partition coefficient (Wildman–Crippen LogP) is 2.20. The number of rotatable bonds is 2. The Balaban J connectivity index is 2.45. The van der Waals surface area contributed by atoms with Crippen molar-refractivity contribution in [1.29, 1.82) is 5.41 Å². The molecular formula is C9H11NO. The minimum Gasteiger partial charge on any atom is -0.477 e. The molecule has 0 unspecified atom stereocenters. The highest BCUT2D eigenvalue weighted by molar-refractivity contribution is 5.69. The lowest BCUT2D eigenvalue weighted by Crippen LogP contribution is -1.97. The fourth-order valence-electron chi connectivity index (χ4n) is 0.766. The van der Waals surface area contributed by atoms with Gasteiger partial charge in [-0.05, 0) is 5.56 Å². The van der Waals surface area contributed by atoms with Crippen LogP contribution in [0.15, 0.2) is 30.3 Å². The van der Waals surface area contributed by atoms with Gasteiger partial charge in [-0.2, -0.15) is 0 Å². The van der Waals surface area contributed by atoms with E-state index in [0.29, 0.717) is 6.61 Å². The zero-order valence-electron chi connectivity index (χ0n) is 6.50. The summed E-state index contributed by atoms with van der Waals surface area (Å²) in [5.74, 6) is 0.258. The van der Waals surface area contributed by atoms with Crippen LogP contribution in [0.5, 0.6) is 0 Å². The molecule has 0 amide bonds. The van der Waals surface area contributed by atoms with E-state index in [2.05, 4.69) is 0 Å². The standard InChI is InChI=1S/C9H11NO/c1-8(10)11-7-9-5-3-2-4-6-9/h2-6,10H,7H2,1H3. The third-order valence-corrected chi connectivity index (χ3v) is 1.30. The molecule has 0 aliphatic rings. The van der Waals surface area contributed by atoms with Crippen LogP contribution in [0.1, 0.15) is 12.5 Å². The average Bonchev–Trinajstić information content (AvgIpc) is 2.03. The second-order valence-corrected chi connectivity index (χ2v) is 2.33. The summed E-state index contributed by atoms with van der Waals surface area (Å²) >= 11 is 0. The van der Waals surface area contributed by atoms with Gasteiger partial charge in [0.25, 0.3) is 0 Å². The minimum absolute atomic E-state index is 0.258. The van der Waals surface area contributed by atoms with Crippen LogP contribution in [0.4, 0.5) is 0 Å². The van der Waals surface area contributed by atoms with E-state index in [1.165, 1.54) is 0 Å². The Morgan fingerprint density at radius 3 is 2.55 bits per heavy atom. The SMILES string of the molecule is CC(=N)OCc1ccccc1. The number of hydrogen-bond donors (Lipinski definition) is 1. The molecule has 0 radical (unpaired) electrons. The largest absolute Gasteiger partial charge is 0.477 e. The van der Waals surface area contributed by atoms with Crippen LogP contribution in [-0.2, 0) is 11.3 Å². The molecule has 0 heterocycles. The molecule has 1 aromatic carbocycles. The van der Waals surface area contributed by atoms with Crippen LogP contribution in [0.3, 0.4) is 0 Å². The van der Waals surface area contributed by atoms with E-state index in [9.17, 15) is 0 Å². The first-order valence-corrected chi connectivity index (χ1v) is 3.51. The van der Waals surface area contributed by atoms with Gasteiger partial charge in [-0.3, -0.25) is 5.41 Å². The molecule has 1 N–H and O–H groups in total. The summed E-state index contributed by atoms with van der Waals surface area (Å²) in [5, 5.41) is 7.02. The van der Waals surface area contributed by atoms with Gasteiger partial charge in [-0.25, -0.2) is 0 Å². The van der Waals surface area contributed by atoms with Crippen molar-refractivity contribution in [3.63, 3.8) is 0 Å². The molecule has 0 aromatic heterocycles. The smallest absolute Gasteiger partial charge is 0.177 e. The molecule has 0 fully saturated rings. The van der Waals surface area contributed by atoms with Crippen LogP contribution in [0.2, 0.25) is 0 Å². The first-order valence-electron chi connectivity index (χ1n) is 3.51. The molecule has 0 saturated heterocycles. The fraction of sp³-hybridized carbons (Fsp3) is 0.222. The molecule has 0 bridgehead atoms. The van der Waals surface area contributed by atoms with Crippen LogP contribution < -0.4 is 0 Å². The van der Waals surface area contributed by atoms with Crippen molar-refractivity contribution < 1.29 is 4.74 Å². The molecule has 0 aliphatic heterocycles. The lowest BCUT2D eigenvalue weighted by Gasteiger charge is -2.01. The summed E-state index contributed by atoms with van der Waals surface area (Å²) in [6, 6.07) is 9.82. The number of ether oxygens (including phenoxy) is 1. The Kier molecular flexibility index (Phi) is 2.66. The van der Waals surface area contributed by atoms with Gasteiger partial charge in [-0.15, -0.1) is 0 Å². The van der Waals surface area contributed by atoms with Crippen molar-refractivity contribution in [2.45, 2.75) is 13.5 Å². The lowest BCUT2D eigenvalue weighted by atomic mass is 10.2. The van der Waals surface area contributed by atoms with Gasteiger partial charge in [0, 0.05) is 6.92 Å². The predicted molar refractivity (Wildman–Crippen MR) is 44.6 cm³/mol. The highest BCUT2D eigenvalue weighted by Gasteiger charge is 1.90. The molecule has 0 aliphatic carbocycles. The second kappa shape index (κ2) is 3.76. The Hall–Kier alpha value is -1.31. The molecule has 2 heteroatoms. The lowest BCUT2D eigenvalue weighted by molar-refractivity contribution is 0.287. The van der Waals surface area contributed by atoms with Crippen molar-refractivity contribution in [2.24, 2.45) is 0 Å². The van der Waals surface area contributed by atoms with Gasteiger partial charge < -0.3 is 4.74 Å². The van der Waals surface area contributed by atoms with Gasteiger partial charge in [0.1, 0.15) is 6.61 Å². The maximum absolute atomic E-state index is 7.02. The highest BCUT2D eigenvalue weighted by Crippen LogP contribution is 1.99. The van der Waals surface area contributed by atoms with Gasteiger partial charge in [0.05, 0.1) is 0 Å². The van der Waals surface area contributed by atoms with Crippen molar-refractivity contribution in [3.8, 4) is 0 Å². The topological polar surface area (TPSA) is 33.1 Å². The maximum atomic E-state index is 7.02. The molecule has 1 aromatic rings. The summed E-state index contributed by atoms with van der Waals surface area (Å²) < 4.78 is 5.01. The van der Waals surface area contributed by atoms with Crippen LogP contribution in [0, 0.1) is 5.41 Å². The summed E-state index contributed by atoms with van der Waals surface area (Å²) in [4.78, 5) is 0. The monoisotopic (exact) mass is 149 g/mol. The molecule has 0 saturated carbocycles. The van der Waals surface area contributed by atoms with Crippen molar-refractivity contribution >= 4 is 5.90 Å². The van der Waals surface area contributed by atoms with Gasteiger partial charge in [0.2, 0.25) is 0 Å². The normalized spacial score (nSPS) is 9.18. The van der Waals surface area contributed by atoms with Crippen LogP contribution in [-0.4, -0.2) is 5.90 Å². The maximum Gasteiger partial charge on any atom is 0.177 e. The quantitative estimate of drug-likeness (QED) is 0.507. The van der Waals surface area contributed by atoms with Crippen molar-refractivity contribution in [2.75, 3.05) is 0 Å². The van der Waals surface area contributed by atoms with E-state index < -0.39 is 0 Å². The van der Waals surface area contributed by atoms with E-state index in [4.69, 9.17) is 10.1 Å². The average molecular weight is 149 g/mol. The van der Waals surface area contributed by atoms with E-state index in [0.717, 1.165) is 5.56 Å². The first-order chi connectivity index (χ1) is 5.29. The number of benzene rings is 1. The fourth-order valence-corrected chi connectivity index (χ4v) is 0.766. The first kappa shape index (κ1) is 7.79. The Labute approximate surface area is 66.3 Å². The summed E-state index contributed by atoms with van der Waals surface area (Å²) in [6.07, 6.45) is 0. The van der Waals surface area contributed by atoms with Crippen molar-refractivity contribution in [3.05, 3.63) is 35.9 Å². The molecule has 0 atom stereocenters. The van der Waals surface area contributed by atoms with E-state index in [1.54, 1.807) is 6.92 Å². The molecular weight excluding hydrogens is 138 g/mol. The number of hydrogen-bond acceptors (Lipinski definition) is 2. The van der Waals surface area contributed by atoms with E-state index >= 15 is 0 Å². The molecule has 2 nitrogen and oxygen atoms in total. The van der Waals surface area contributed by atoms with Gasteiger partial charge in [-0.1, -0.05) is 30.3 Å². The minimum atomic E-state index is 0.258. The molecule has 0 spiro atoms. The Bertz CT molecular complexity index is 231. The van der Waals surface area contributed by atoms with E-state index in [-0.39, 0.29) is 5.90 Å². The van der Waals surface area contributed by atoms with Crippen LogP contribution >= 0.6 is 0 Å². The summed E-state index contributed by atoms with van der Waals surface area (Å²) in [6.45, 7) is 2.12. The second-order valence-electron chi connectivity index (χ2n) is 2.33. The van der Waals surface area contributed by atoms with Crippen molar-refractivity contribution in [1.82, 2.24) is 0 Å². The zero-order chi connectivity index (χ0) is 8.10. The third kappa shape index (κ3) is 2.85. The Morgan fingerprint density at radius 2 is 2.00 bits per heavy atom. The highest BCUT2D eigenvalue weighted by atomic mass is 16.5. The molecule has 11 heavy (non-hydrogen) atoms. The van der Waals surface area contributed by atoms with Gasteiger partial charge in [0.15, 0.2) is 5.90 Å².